The highest BCUT2D eigenvalue weighted by molar-refractivity contribution is 7.22. The third kappa shape index (κ3) is 7.19. The van der Waals surface area contributed by atoms with Gasteiger partial charge in [-0.05, 0) is 153 Å². The van der Waals surface area contributed by atoms with Crippen molar-refractivity contribution in [1.82, 2.24) is 0 Å². The maximum Gasteiger partial charge on any atom is 0.180 e. The highest BCUT2D eigenvalue weighted by Gasteiger charge is 2.49. The molecule has 2 aliphatic carbocycles. The molecule has 16 rings (SSSR count). The first-order valence-corrected chi connectivity index (χ1v) is 31.1. The van der Waals surface area contributed by atoms with Crippen molar-refractivity contribution in [2.24, 2.45) is 0 Å². The molecule has 3 aliphatic rings. The Morgan fingerprint density at radius 3 is 1.31 bits per heavy atom. The first-order chi connectivity index (χ1) is 41.1. The standard InChI is InChI=1S/C81H57NSi/c1-80(59-29-9-3-10-30-59)73-42-21-17-38-66(73)68-49-47-62(54-75(68)80)82(63-48-50-69-67-39-18-22-43-74(67)81(76(69)55-63,60-31-11-4-12-32-60)61-33-13-5-14-34-61)77-51-46-58(53-72(77)56-26-7-2-8-27-56)57-28-25-37-65(52-57)83(64-35-15-6-16-36-64)78-44-23-19-40-70(78)71-41-20-24-45-79(71)83/h2-55H,1H3. The summed E-state index contributed by atoms with van der Waals surface area (Å²) in [5, 5.41) is 5.67. The van der Waals surface area contributed by atoms with Gasteiger partial charge in [-0.2, -0.15) is 0 Å². The topological polar surface area (TPSA) is 3.24 Å². The number of benzene rings is 13. The van der Waals surface area contributed by atoms with Crippen molar-refractivity contribution in [3.63, 3.8) is 0 Å². The number of rotatable bonds is 10. The molecule has 2 heteroatoms. The van der Waals surface area contributed by atoms with Gasteiger partial charge >= 0.3 is 0 Å². The highest BCUT2D eigenvalue weighted by Crippen LogP contribution is 2.59. The molecule has 1 aliphatic heterocycles. The van der Waals surface area contributed by atoms with Gasteiger partial charge in [0.15, 0.2) is 8.07 Å². The molecule has 0 saturated carbocycles. The molecule has 0 saturated heterocycles. The smallest absolute Gasteiger partial charge is 0.180 e. The molecule has 0 spiro atoms. The Bertz CT molecular complexity index is 4540. The van der Waals surface area contributed by atoms with E-state index in [1.165, 1.54) is 104 Å². The van der Waals surface area contributed by atoms with E-state index in [9.17, 15) is 0 Å². The van der Waals surface area contributed by atoms with E-state index in [0.29, 0.717) is 0 Å². The monoisotopic (exact) mass is 1070 g/mol. The molecular weight excluding hydrogens is 1010 g/mol. The minimum atomic E-state index is -2.75. The molecule has 1 atom stereocenters. The fourth-order valence-electron chi connectivity index (χ4n) is 15.1. The maximum atomic E-state index is 2.56. The summed E-state index contributed by atoms with van der Waals surface area (Å²) in [5.41, 5.74) is 23.7. The lowest BCUT2D eigenvalue weighted by molar-refractivity contribution is 0.714. The molecule has 1 heterocycles. The molecule has 13 aromatic carbocycles. The Labute approximate surface area is 487 Å². The van der Waals surface area contributed by atoms with Crippen LogP contribution in [0.3, 0.4) is 0 Å². The quantitative estimate of drug-likeness (QED) is 0.123. The van der Waals surface area contributed by atoms with E-state index in [1.807, 2.05) is 0 Å². The third-order valence-electron chi connectivity index (χ3n) is 18.7. The van der Waals surface area contributed by atoms with Crippen LogP contribution < -0.4 is 25.6 Å². The molecule has 0 bridgehead atoms. The summed E-state index contributed by atoms with van der Waals surface area (Å²) in [7, 11) is -2.75. The van der Waals surface area contributed by atoms with Crippen molar-refractivity contribution in [1.29, 1.82) is 0 Å². The van der Waals surface area contributed by atoms with Crippen LogP contribution in [-0.2, 0) is 10.8 Å². The predicted molar refractivity (Wildman–Crippen MR) is 349 cm³/mol. The first kappa shape index (κ1) is 48.8. The zero-order chi connectivity index (χ0) is 55.1. The van der Waals surface area contributed by atoms with Crippen LogP contribution in [0.1, 0.15) is 45.9 Å². The highest BCUT2D eigenvalue weighted by atomic mass is 28.3. The van der Waals surface area contributed by atoms with E-state index in [2.05, 4.69) is 339 Å². The number of hydrogen-bond donors (Lipinski definition) is 0. The molecule has 0 amide bonds. The van der Waals surface area contributed by atoms with Gasteiger partial charge in [0.2, 0.25) is 0 Å². The molecular formula is C81H57NSi. The largest absolute Gasteiger partial charge is 0.310 e. The second-order valence-corrected chi connectivity index (χ2v) is 26.5. The summed E-state index contributed by atoms with van der Waals surface area (Å²) in [6, 6.07) is 124. The van der Waals surface area contributed by atoms with Crippen LogP contribution in [0.4, 0.5) is 17.1 Å². The van der Waals surface area contributed by atoms with Crippen LogP contribution in [-0.4, -0.2) is 8.07 Å². The fraction of sp³-hybridized carbons (Fsp3) is 0.0370. The molecule has 83 heavy (non-hydrogen) atoms. The molecule has 13 aromatic rings. The normalized spacial score (nSPS) is 15.3. The third-order valence-corrected chi connectivity index (χ3v) is 23.6. The van der Waals surface area contributed by atoms with Gasteiger partial charge in [-0.1, -0.05) is 291 Å². The van der Waals surface area contributed by atoms with Crippen LogP contribution in [0, 0.1) is 0 Å². The molecule has 0 radical (unpaired) electrons. The number of fused-ring (bicyclic) bond motifs is 9. The van der Waals surface area contributed by atoms with E-state index >= 15 is 0 Å². The summed E-state index contributed by atoms with van der Waals surface area (Å²) in [5.74, 6) is 0. The predicted octanol–water partition coefficient (Wildman–Crippen LogP) is 17.5. The van der Waals surface area contributed by atoms with Crippen LogP contribution in [0.2, 0.25) is 0 Å². The lowest BCUT2D eigenvalue weighted by Crippen LogP contribution is -2.72. The Morgan fingerprint density at radius 1 is 0.265 bits per heavy atom. The Morgan fingerprint density at radius 2 is 0.699 bits per heavy atom. The fourth-order valence-corrected chi connectivity index (χ4v) is 20.3. The van der Waals surface area contributed by atoms with E-state index in [1.54, 1.807) is 0 Å². The van der Waals surface area contributed by atoms with Crippen molar-refractivity contribution in [3.8, 4) is 55.6 Å². The molecule has 0 aromatic heterocycles. The van der Waals surface area contributed by atoms with Gasteiger partial charge in [0.25, 0.3) is 0 Å². The molecule has 0 fully saturated rings. The van der Waals surface area contributed by atoms with E-state index in [-0.39, 0.29) is 0 Å². The molecule has 390 valence electrons. The van der Waals surface area contributed by atoms with E-state index < -0.39 is 18.9 Å². The van der Waals surface area contributed by atoms with Crippen molar-refractivity contribution >= 4 is 45.9 Å². The number of nitrogens with zero attached hydrogens (tertiary/aromatic N) is 1. The zero-order valence-electron chi connectivity index (χ0n) is 46.1. The second kappa shape index (κ2) is 19.3. The van der Waals surface area contributed by atoms with Gasteiger partial charge in [0.05, 0.1) is 11.1 Å². The Balaban J connectivity index is 0.946. The minimum absolute atomic E-state index is 0.401. The van der Waals surface area contributed by atoms with Crippen LogP contribution in [0.25, 0.3) is 55.6 Å². The molecule has 1 nitrogen and oxygen atoms in total. The summed E-state index contributed by atoms with van der Waals surface area (Å²) in [6.07, 6.45) is 0. The van der Waals surface area contributed by atoms with Crippen LogP contribution in [0.15, 0.2) is 328 Å². The summed E-state index contributed by atoms with van der Waals surface area (Å²) in [4.78, 5) is 2.56. The summed E-state index contributed by atoms with van der Waals surface area (Å²) < 4.78 is 0. The van der Waals surface area contributed by atoms with Crippen molar-refractivity contribution < 1.29 is 0 Å². The number of anilines is 3. The van der Waals surface area contributed by atoms with Crippen LogP contribution in [0.5, 0.6) is 0 Å². The van der Waals surface area contributed by atoms with Crippen molar-refractivity contribution in [2.45, 2.75) is 17.8 Å². The average molecular weight is 1070 g/mol. The van der Waals surface area contributed by atoms with E-state index in [0.717, 1.165) is 28.2 Å². The zero-order valence-corrected chi connectivity index (χ0v) is 47.1. The SMILES string of the molecule is CC1(c2ccccc2)c2ccccc2-c2ccc(N(c3ccc4c(c3)C(c3ccccc3)(c3ccccc3)c3ccccc3-4)c3ccc(-c4cccc([Si]5(c6ccccc6)c6ccccc6-c6ccccc65)c4)cc3-c3ccccc3)cc21. The van der Waals surface area contributed by atoms with Gasteiger partial charge in [-0.3, -0.25) is 0 Å². The second-order valence-electron chi connectivity index (χ2n) is 22.7. The van der Waals surface area contributed by atoms with Gasteiger partial charge < -0.3 is 4.90 Å². The van der Waals surface area contributed by atoms with Gasteiger partial charge in [0.1, 0.15) is 0 Å². The minimum Gasteiger partial charge on any atom is -0.310 e. The summed E-state index contributed by atoms with van der Waals surface area (Å²) in [6.45, 7) is 2.42. The van der Waals surface area contributed by atoms with Gasteiger partial charge in [-0.15, -0.1) is 0 Å². The molecule has 1 unspecified atom stereocenters. The van der Waals surface area contributed by atoms with Crippen LogP contribution >= 0.6 is 0 Å². The lowest BCUT2D eigenvalue weighted by Gasteiger charge is -2.35. The van der Waals surface area contributed by atoms with E-state index in [4.69, 9.17) is 0 Å². The van der Waals surface area contributed by atoms with Gasteiger partial charge in [-0.25, -0.2) is 0 Å². The lowest BCUT2D eigenvalue weighted by atomic mass is 9.67. The first-order valence-electron chi connectivity index (χ1n) is 29.1. The number of hydrogen-bond acceptors (Lipinski definition) is 1. The Kier molecular flexibility index (Phi) is 11.3. The van der Waals surface area contributed by atoms with Gasteiger partial charge in [0, 0.05) is 22.4 Å². The van der Waals surface area contributed by atoms with Crippen molar-refractivity contribution in [2.75, 3.05) is 4.90 Å². The summed E-state index contributed by atoms with van der Waals surface area (Å²) >= 11 is 0. The average Bonchev–Trinajstić information content (AvgIpc) is 1.98. The Hall–Kier alpha value is -10.1. The molecule has 0 N–H and O–H groups in total. The maximum absolute atomic E-state index is 2.75. The van der Waals surface area contributed by atoms with Crippen molar-refractivity contribution in [3.05, 3.63) is 367 Å².